The minimum Gasteiger partial charge on any atom is -0.384 e. The van der Waals surface area contributed by atoms with E-state index < -0.39 is 5.60 Å². The van der Waals surface area contributed by atoms with Gasteiger partial charge in [-0.05, 0) is 43.5 Å². The Kier molecular flexibility index (Phi) is 5.82. The van der Waals surface area contributed by atoms with Gasteiger partial charge in [-0.3, -0.25) is 0 Å². The number of nitrogens with zero attached hydrogens (tertiary/aromatic N) is 6. The molecule has 0 radical (unpaired) electrons. The zero-order valence-corrected chi connectivity index (χ0v) is 18.6. The number of aromatic nitrogens is 3. The Morgan fingerprint density at radius 3 is 2.73 bits per heavy atom. The van der Waals surface area contributed by atoms with Gasteiger partial charge in [0.15, 0.2) is 5.82 Å². The molecule has 0 aliphatic carbocycles. The summed E-state index contributed by atoms with van der Waals surface area (Å²) in [5.41, 5.74) is 8.72. The average molecular weight is 441 g/mol. The van der Waals surface area contributed by atoms with Gasteiger partial charge in [-0.25, -0.2) is 14.9 Å². The molecule has 1 aromatic carbocycles. The van der Waals surface area contributed by atoms with Gasteiger partial charge in [0, 0.05) is 12.1 Å². The number of pyridine rings is 1. The summed E-state index contributed by atoms with van der Waals surface area (Å²) >= 11 is 0. The number of aliphatic hydroxyl groups is 1. The van der Waals surface area contributed by atoms with Crippen LogP contribution in [0.2, 0.25) is 0 Å². The molecule has 2 aromatic heterocycles. The van der Waals surface area contributed by atoms with Crippen molar-refractivity contribution in [1.82, 2.24) is 14.5 Å². The van der Waals surface area contributed by atoms with Crippen LogP contribution in [0.4, 0.5) is 0 Å². The number of nitrogens with two attached hydrogens (primary N) is 1. The summed E-state index contributed by atoms with van der Waals surface area (Å²) < 4.78 is 2.02. The highest BCUT2D eigenvalue weighted by atomic mass is 16.8. The van der Waals surface area contributed by atoms with Gasteiger partial charge in [-0.1, -0.05) is 36.2 Å². The normalized spacial score (nSPS) is 13.4. The molecule has 9 nitrogen and oxygen atoms in total. The lowest BCUT2D eigenvalue weighted by atomic mass is 10.0. The van der Waals surface area contributed by atoms with Crippen molar-refractivity contribution in [3.8, 4) is 29.2 Å². The monoisotopic (exact) mass is 441 g/mol. The van der Waals surface area contributed by atoms with Crippen molar-refractivity contribution < 1.29 is 10.0 Å². The maximum atomic E-state index is 10.2. The van der Waals surface area contributed by atoms with Crippen molar-refractivity contribution >= 4 is 22.6 Å². The number of benzene rings is 1. The van der Waals surface area contributed by atoms with Crippen LogP contribution in [-0.4, -0.2) is 36.8 Å². The fraction of sp³-hybridized carbons (Fsp3) is 0.292. The Balaban J connectivity index is 2.02. The predicted octanol–water partition coefficient (Wildman–Crippen LogP) is 2.90. The smallest absolute Gasteiger partial charge is 0.159 e. The maximum Gasteiger partial charge on any atom is 0.159 e. The standard InChI is InChI=1S/C24H23N7O2/c1-4-11-31-20-12-18(16-8-6-5-7-15(16)14-25)27-17(9-10-24(2,3)32)22(20)28-23(31)19-13-21(26)30-33-29-19/h5-8,12,32H,4,11,13H2,1-3H3,(H2,26,30). The van der Waals surface area contributed by atoms with Crippen LogP contribution in [-0.2, 0) is 11.5 Å². The molecule has 3 aromatic rings. The van der Waals surface area contributed by atoms with Gasteiger partial charge < -0.3 is 15.4 Å². The Hall–Kier alpha value is -4.21. The van der Waals surface area contributed by atoms with Crippen LogP contribution in [0.25, 0.3) is 22.3 Å². The first kappa shape index (κ1) is 22.0. The number of hydrogen-bond donors (Lipinski definition) is 2. The molecule has 0 spiro atoms. The summed E-state index contributed by atoms with van der Waals surface area (Å²) in [5.74, 6) is 6.69. The summed E-state index contributed by atoms with van der Waals surface area (Å²) in [6, 6.07) is 11.4. The average Bonchev–Trinajstić information content (AvgIpc) is 3.15. The predicted molar refractivity (Wildman–Crippen MR) is 125 cm³/mol. The van der Waals surface area contributed by atoms with Gasteiger partial charge in [0.1, 0.15) is 28.4 Å². The lowest BCUT2D eigenvalue weighted by molar-refractivity contribution is 0.143. The number of hydrogen-bond acceptors (Lipinski definition) is 8. The fourth-order valence-corrected chi connectivity index (χ4v) is 3.51. The van der Waals surface area contributed by atoms with E-state index in [2.05, 4.69) is 35.1 Å². The van der Waals surface area contributed by atoms with Crippen molar-refractivity contribution in [2.75, 3.05) is 0 Å². The lowest BCUT2D eigenvalue weighted by Crippen LogP contribution is -2.23. The van der Waals surface area contributed by atoms with E-state index in [0.29, 0.717) is 58.4 Å². The van der Waals surface area contributed by atoms with E-state index in [-0.39, 0.29) is 0 Å². The third-order valence-electron chi connectivity index (χ3n) is 4.91. The van der Waals surface area contributed by atoms with Crippen LogP contribution >= 0.6 is 0 Å². The van der Waals surface area contributed by atoms with E-state index in [0.717, 1.165) is 11.9 Å². The Morgan fingerprint density at radius 1 is 1.24 bits per heavy atom. The molecule has 0 saturated heterocycles. The second-order valence-corrected chi connectivity index (χ2v) is 8.16. The molecule has 166 valence electrons. The fourth-order valence-electron chi connectivity index (χ4n) is 3.51. The van der Waals surface area contributed by atoms with E-state index in [9.17, 15) is 10.4 Å². The summed E-state index contributed by atoms with van der Waals surface area (Å²) in [4.78, 5) is 14.4. The van der Waals surface area contributed by atoms with Crippen LogP contribution in [0.5, 0.6) is 0 Å². The highest BCUT2D eigenvalue weighted by Gasteiger charge is 2.23. The minimum atomic E-state index is -1.21. The zero-order valence-electron chi connectivity index (χ0n) is 18.6. The molecule has 0 atom stereocenters. The van der Waals surface area contributed by atoms with Crippen molar-refractivity contribution in [1.29, 1.82) is 5.26 Å². The van der Waals surface area contributed by atoms with Crippen molar-refractivity contribution in [2.45, 2.75) is 45.8 Å². The zero-order chi connectivity index (χ0) is 23.6. The first-order valence-corrected chi connectivity index (χ1v) is 10.5. The second kappa shape index (κ2) is 8.73. The molecule has 0 amide bonds. The van der Waals surface area contributed by atoms with Gasteiger partial charge >= 0.3 is 0 Å². The van der Waals surface area contributed by atoms with Crippen LogP contribution in [0.3, 0.4) is 0 Å². The highest BCUT2D eigenvalue weighted by molar-refractivity contribution is 6.11. The SMILES string of the molecule is CCCn1c(C2=NON=C(N)C2)nc2c(C#CC(C)(C)O)nc(-c3ccccc3C#N)cc21. The molecule has 9 heteroatoms. The van der Waals surface area contributed by atoms with E-state index >= 15 is 0 Å². The van der Waals surface area contributed by atoms with Crippen LogP contribution in [0.1, 0.15) is 50.7 Å². The number of nitriles is 1. The summed E-state index contributed by atoms with van der Waals surface area (Å²) in [7, 11) is 0. The molecule has 4 rings (SSSR count). The molecular formula is C24H23N7O2. The van der Waals surface area contributed by atoms with Gasteiger partial charge in [-0.15, -0.1) is 0 Å². The lowest BCUT2D eigenvalue weighted by Gasteiger charge is -2.12. The quantitative estimate of drug-likeness (QED) is 0.598. The number of imidazole rings is 1. The Labute approximate surface area is 191 Å². The number of oxime groups is 2. The van der Waals surface area contributed by atoms with E-state index in [4.69, 9.17) is 20.6 Å². The molecule has 1 aliphatic heterocycles. The molecular weight excluding hydrogens is 418 g/mol. The molecule has 0 bridgehead atoms. The molecule has 0 unspecified atom stereocenters. The summed E-state index contributed by atoms with van der Waals surface area (Å²) in [6.07, 6.45) is 1.14. The van der Waals surface area contributed by atoms with Gasteiger partial charge in [-0.2, -0.15) is 5.26 Å². The topological polar surface area (TPSA) is 135 Å². The summed E-state index contributed by atoms with van der Waals surface area (Å²) in [6.45, 7) is 5.92. The highest BCUT2D eigenvalue weighted by Crippen LogP contribution is 2.29. The van der Waals surface area contributed by atoms with Crippen LogP contribution < -0.4 is 5.73 Å². The van der Waals surface area contributed by atoms with Crippen LogP contribution in [0, 0.1) is 23.2 Å². The van der Waals surface area contributed by atoms with E-state index in [1.54, 1.807) is 19.9 Å². The Bertz CT molecular complexity index is 1390. The number of amidine groups is 1. The molecule has 1 aliphatic rings. The molecule has 33 heavy (non-hydrogen) atoms. The first-order chi connectivity index (χ1) is 15.8. The van der Waals surface area contributed by atoms with Crippen molar-refractivity contribution in [2.24, 2.45) is 16.0 Å². The molecule has 3 N–H and O–H groups in total. The molecule has 0 saturated carbocycles. The third kappa shape index (κ3) is 4.54. The number of rotatable bonds is 4. The number of aryl methyl sites for hydroxylation is 1. The number of fused-ring (bicyclic) bond motifs is 1. The van der Waals surface area contributed by atoms with Gasteiger partial charge in [0.2, 0.25) is 0 Å². The van der Waals surface area contributed by atoms with Gasteiger partial charge in [0.25, 0.3) is 0 Å². The molecule has 0 fully saturated rings. The maximum absolute atomic E-state index is 10.2. The second-order valence-electron chi connectivity index (χ2n) is 8.16. The van der Waals surface area contributed by atoms with Crippen LogP contribution in [0.15, 0.2) is 40.6 Å². The third-order valence-corrected chi connectivity index (χ3v) is 4.91. The van der Waals surface area contributed by atoms with Gasteiger partial charge in [0.05, 0.1) is 29.3 Å². The minimum absolute atomic E-state index is 0.301. The molecule has 3 heterocycles. The van der Waals surface area contributed by atoms with E-state index in [1.165, 1.54) is 0 Å². The first-order valence-electron chi connectivity index (χ1n) is 10.5. The van der Waals surface area contributed by atoms with E-state index in [1.807, 2.05) is 28.8 Å². The summed E-state index contributed by atoms with van der Waals surface area (Å²) in [5, 5.41) is 27.5. The largest absolute Gasteiger partial charge is 0.384 e. The van der Waals surface area contributed by atoms with Crippen molar-refractivity contribution in [3.05, 3.63) is 47.4 Å². The Morgan fingerprint density at radius 2 is 2.03 bits per heavy atom. The van der Waals surface area contributed by atoms with Crippen molar-refractivity contribution in [3.63, 3.8) is 0 Å².